The number of carbonyl (C=O) groups is 1. The lowest BCUT2D eigenvalue weighted by atomic mass is 10.1. The van der Waals surface area contributed by atoms with Crippen molar-refractivity contribution in [1.82, 2.24) is 5.32 Å². The summed E-state index contributed by atoms with van der Waals surface area (Å²) in [5.74, 6) is 0.581. The van der Waals surface area contributed by atoms with Gasteiger partial charge in [-0.1, -0.05) is 12.1 Å². The Labute approximate surface area is 119 Å². The molecule has 6 heteroatoms. The van der Waals surface area contributed by atoms with Gasteiger partial charge in [0.25, 0.3) is 5.91 Å². The van der Waals surface area contributed by atoms with Crippen LogP contribution in [0.5, 0.6) is 5.75 Å². The predicted molar refractivity (Wildman–Crippen MR) is 76.7 cm³/mol. The van der Waals surface area contributed by atoms with E-state index in [1.165, 1.54) is 7.11 Å². The summed E-state index contributed by atoms with van der Waals surface area (Å²) >= 11 is 0. The van der Waals surface area contributed by atoms with Gasteiger partial charge in [-0.15, -0.1) is 12.4 Å². The quantitative estimate of drug-likeness (QED) is 0.827. The van der Waals surface area contributed by atoms with E-state index in [4.69, 9.17) is 15.2 Å². The first-order chi connectivity index (χ1) is 8.62. The van der Waals surface area contributed by atoms with E-state index in [0.717, 1.165) is 11.3 Å². The third-order valence-electron chi connectivity index (χ3n) is 2.77. The maximum Gasteiger partial charge on any atom is 0.250 e. The van der Waals surface area contributed by atoms with Gasteiger partial charge >= 0.3 is 0 Å². The summed E-state index contributed by atoms with van der Waals surface area (Å²) < 4.78 is 10.1. The minimum absolute atomic E-state index is 0. The maximum atomic E-state index is 11.8. The van der Waals surface area contributed by atoms with Gasteiger partial charge in [0.05, 0.1) is 13.2 Å². The highest BCUT2D eigenvalue weighted by atomic mass is 35.5. The summed E-state index contributed by atoms with van der Waals surface area (Å²) in [6, 6.07) is 7.43. The van der Waals surface area contributed by atoms with Crippen LogP contribution >= 0.6 is 12.4 Å². The lowest BCUT2D eigenvalue weighted by molar-refractivity contribution is -0.131. The Kier molecular flexibility index (Phi) is 8.14. The molecule has 0 bridgehead atoms. The fourth-order valence-electron chi connectivity index (χ4n) is 1.59. The van der Waals surface area contributed by atoms with E-state index in [1.54, 1.807) is 7.11 Å². The third-order valence-corrected chi connectivity index (χ3v) is 2.77. The molecule has 0 saturated heterocycles. The van der Waals surface area contributed by atoms with Crippen molar-refractivity contribution in [3.8, 4) is 5.75 Å². The molecule has 19 heavy (non-hydrogen) atoms. The summed E-state index contributed by atoms with van der Waals surface area (Å²) in [6.07, 6.45) is -0.606. The van der Waals surface area contributed by atoms with Gasteiger partial charge in [-0.2, -0.15) is 0 Å². The first kappa shape index (κ1) is 17.7. The van der Waals surface area contributed by atoms with Crippen molar-refractivity contribution in [2.75, 3.05) is 20.8 Å². The minimum atomic E-state index is -0.606. The molecular formula is C13H21ClN2O3. The SMILES string of the molecule is COc1ccc(C(C)NC(=O)C(CN)OC)cc1.Cl. The second kappa shape index (κ2) is 8.74. The van der Waals surface area contributed by atoms with Gasteiger partial charge in [-0.05, 0) is 24.6 Å². The summed E-state index contributed by atoms with van der Waals surface area (Å²) in [4.78, 5) is 11.8. The second-order valence-corrected chi connectivity index (χ2v) is 3.96. The van der Waals surface area contributed by atoms with Crippen molar-refractivity contribution < 1.29 is 14.3 Å². The third kappa shape index (κ3) is 5.06. The van der Waals surface area contributed by atoms with Crippen LogP contribution in [0.3, 0.4) is 0 Å². The molecule has 0 spiro atoms. The van der Waals surface area contributed by atoms with Crippen LogP contribution in [0.25, 0.3) is 0 Å². The Morgan fingerprint density at radius 3 is 2.32 bits per heavy atom. The average Bonchev–Trinajstić information content (AvgIpc) is 2.40. The number of benzene rings is 1. The first-order valence-corrected chi connectivity index (χ1v) is 5.79. The first-order valence-electron chi connectivity index (χ1n) is 5.79. The molecule has 1 rings (SSSR count). The van der Waals surface area contributed by atoms with Crippen LogP contribution in [0.1, 0.15) is 18.5 Å². The summed E-state index contributed by atoms with van der Waals surface area (Å²) in [7, 11) is 3.08. The molecule has 2 unspecified atom stereocenters. The van der Waals surface area contributed by atoms with Gasteiger partial charge in [0.2, 0.25) is 0 Å². The molecule has 2 atom stereocenters. The number of halogens is 1. The summed E-state index contributed by atoms with van der Waals surface area (Å²) in [5, 5.41) is 2.85. The molecule has 5 nitrogen and oxygen atoms in total. The number of ether oxygens (including phenoxy) is 2. The number of methoxy groups -OCH3 is 2. The lowest BCUT2D eigenvalue weighted by Crippen LogP contribution is -2.41. The van der Waals surface area contributed by atoms with Gasteiger partial charge in [-0.3, -0.25) is 4.79 Å². The van der Waals surface area contributed by atoms with Crippen molar-refractivity contribution in [2.24, 2.45) is 5.73 Å². The van der Waals surface area contributed by atoms with E-state index in [2.05, 4.69) is 5.32 Å². The molecule has 1 aromatic carbocycles. The molecule has 0 aromatic heterocycles. The van der Waals surface area contributed by atoms with Crippen LogP contribution in [0, 0.1) is 0 Å². The van der Waals surface area contributed by atoms with E-state index in [1.807, 2.05) is 31.2 Å². The Balaban J connectivity index is 0.00000324. The zero-order valence-corrected chi connectivity index (χ0v) is 12.2. The number of carbonyl (C=O) groups excluding carboxylic acids is 1. The highest BCUT2D eigenvalue weighted by molar-refractivity contribution is 5.85. The largest absolute Gasteiger partial charge is 0.497 e. The van der Waals surface area contributed by atoms with Crippen molar-refractivity contribution in [3.05, 3.63) is 29.8 Å². The highest BCUT2D eigenvalue weighted by Gasteiger charge is 2.18. The van der Waals surface area contributed by atoms with Gasteiger partial charge in [-0.25, -0.2) is 0 Å². The van der Waals surface area contributed by atoms with Crippen molar-refractivity contribution in [2.45, 2.75) is 19.1 Å². The van der Waals surface area contributed by atoms with Crippen LogP contribution in [0.15, 0.2) is 24.3 Å². The lowest BCUT2D eigenvalue weighted by Gasteiger charge is -2.18. The Morgan fingerprint density at radius 2 is 1.89 bits per heavy atom. The molecule has 0 heterocycles. The molecule has 0 aliphatic rings. The maximum absolute atomic E-state index is 11.8. The second-order valence-electron chi connectivity index (χ2n) is 3.96. The molecule has 3 N–H and O–H groups in total. The van der Waals surface area contributed by atoms with E-state index < -0.39 is 6.10 Å². The minimum Gasteiger partial charge on any atom is -0.497 e. The van der Waals surface area contributed by atoms with Crippen LogP contribution in [0.2, 0.25) is 0 Å². The standard InChI is InChI=1S/C13H20N2O3.ClH/c1-9(15-13(16)12(8-14)18-3)10-4-6-11(17-2)7-5-10;/h4-7,9,12H,8,14H2,1-3H3,(H,15,16);1H. The number of amides is 1. The normalized spacial score (nSPS) is 13.1. The molecule has 0 aliphatic carbocycles. The van der Waals surface area contributed by atoms with Crippen molar-refractivity contribution in [1.29, 1.82) is 0 Å². The van der Waals surface area contributed by atoms with E-state index >= 15 is 0 Å². The average molecular weight is 289 g/mol. The van der Waals surface area contributed by atoms with Crippen molar-refractivity contribution in [3.63, 3.8) is 0 Å². The number of hydrogen-bond donors (Lipinski definition) is 2. The van der Waals surface area contributed by atoms with Gasteiger partial charge in [0, 0.05) is 13.7 Å². The number of nitrogens with two attached hydrogens (primary N) is 1. The topological polar surface area (TPSA) is 73.6 Å². The van der Waals surface area contributed by atoms with Crippen LogP contribution in [-0.2, 0) is 9.53 Å². The van der Waals surface area contributed by atoms with Crippen LogP contribution < -0.4 is 15.8 Å². The van der Waals surface area contributed by atoms with E-state index in [0.29, 0.717) is 0 Å². The molecule has 1 amide bonds. The van der Waals surface area contributed by atoms with Crippen LogP contribution in [0.4, 0.5) is 0 Å². The zero-order valence-electron chi connectivity index (χ0n) is 11.4. The summed E-state index contributed by atoms with van der Waals surface area (Å²) in [5.41, 5.74) is 6.43. The van der Waals surface area contributed by atoms with Gasteiger partial charge in [0.15, 0.2) is 0 Å². The fraction of sp³-hybridized carbons (Fsp3) is 0.462. The van der Waals surface area contributed by atoms with Crippen LogP contribution in [-0.4, -0.2) is 32.8 Å². The fourth-order valence-corrected chi connectivity index (χ4v) is 1.59. The highest BCUT2D eigenvalue weighted by Crippen LogP contribution is 2.17. The molecule has 108 valence electrons. The van der Waals surface area contributed by atoms with Gasteiger partial charge in [0.1, 0.15) is 11.9 Å². The smallest absolute Gasteiger partial charge is 0.250 e. The molecule has 0 radical (unpaired) electrons. The van der Waals surface area contributed by atoms with E-state index in [9.17, 15) is 4.79 Å². The number of nitrogens with one attached hydrogen (secondary N) is 1. The monoisotopic (exact) mass is 288 g/mol. The molecule has 0 saturated carbocycles. The molecule has 0 aliphatic heterocycles. The molecule has 1 aromatic rings. The van der Waals surface area contributed by atoms with E-state index in [-0.39, 0.29) is 30.9 Å². The number of rotatable bonds is 6. The summed E-state index contributed by atoms with van der Waals surface area (Å²) in [6.45, 7) is 2.07. The Bertz CT molecular complexity index is 380. The molecular weight excluding hydrogens is 268 g/mol. The molecule has 0 fully saturated rings. The van der Waals surface area contributed by atoms with Crippen molar-refractivity contribution >= 4 is 18.3 Å². The number of hydrogen-bond acceptors (Lipinski definition) is 4. The van der Waals surface area contributed by atoms with Gasteiger partial charge < -0.3 is 20.5 Å². The Hall–Kier alpha value is -1.30. The zero-order chi connectivity index (χ0) is 13.5. The Morgan fingerprint density at radius 1 is 1.32 bits per heavy atom. The predicted octanol–water partition coefficient (Wildman–Crippen LogP) is 1.27.